The Kier molecular flexibility index (Phi) is 11.0. The maximum atomic E-state index is 3.53. The molecule has 6 rings (SSSR count). The first-order chi connectivity index (χ1) is 20.0. The standard InChI is InChI=1S/C21H25.C15H14.C5H5.Zr/c1-20(2,3)16-9-7-14-11-15-8-10-17(21(4,5)6)13-19(15)18(14)12-16;1-3-8-14(9-4-1)12-7-13-15-10-5-2-6-11-15;1-2-4-5-3-1;/h7,9-10,12-13H,11H2,1-6H3;1-6,8-11H,12-13H2;1-5H;/q-1;;-1;+2. The van der Waals surface area contributed by atoms with Gasteiger partial charge in [-0.1, -0.05) is 76.3 Å². The summed E-state index contributed by atoms with van der Waals surface area (Å²) >= 11 is 1.55. The van der Waals surface area contributed by atoms with Crippen molar-refractivity contribution < 1.29 is 24.2 Å². The van der Waals surface area contributed by atoms with Gasteiger partial charge >= 0.3 is 112 Å². The van der Waals surface area contributed by atoms with Crippen LogP contribution in [0.5, 0.6) is 0 Å². The van der Waals surface area contributed by atoms with E-state index in [1.165, 1.54) is 44.5 Å². The minimum absolute atomic E-state index is 0.177. The second-order valence-corrected chi connectivity index (χ2v) is 15.0. The first-order valence-electron chi connectivity index (χ1n) is 15.0. The van der Waals surface area contributed by atoms with Gasteiger partial charge in [-0.15, -0.1) is 5.56 Å². The summed E-state index contributed by atoms with van der Waals surface area (Å²) in [7, 11) is 0. The molecule has 0 N–H and O–H groups in total. The SMILES string of the molecule is CC(C)(C)c1c[c-]c2c(c1)-c1cc(C(C)(C)C)ccc1C2.[Zr+2]=[C](Cc1ccccc1)Cc1ccccc1.c1cc[cH-]c1. The Morgan fingerprint density at radius 2 is 1.19 bits per heavy atom. The third-order valence-electron chi connectivity index (χ3n) is 7.60. The zero-order valence-electron chi connectivity index (χ0n) is 26.2. The van der Waals surface area contributed by atoms with Crippen molar-refractivity contribution in [3.05, 3.63) is 161 Å². The molecule has 0 saturated carbocycles. The Morgan fingerprint density at radius 1 is 0.667 bits per heavy atom. The average molecular weight is 628 g/mol. The minimum Gasteiger partial charge on any atom is -0.214 e. The maximum absolute atomic E-state index is 3.53. The van der Waals surface area contributed by atoms with E-state index in [4.69, 9.17) is 0 Å². The average Bonchev–Trinajstić information content (AvgIpc) is 3.65. The molecule has 0 aliphatic heterocycles. The smallest absolute Gasteiger partial charge is 0.172 e. The quantitative estimate of drug-likeness (QED) is 0.171. The Hall–Kier alpha value is -3.02. The van der Waals surface area contributed by atoms with E-state index in [-0.39, 0.29) is 10.8 Å². The normalized spacial score (nSPS) is 11.8. The molecule has 42 heavy (non-hydrogen) atoms. The zero-order valence-corrected chi connectivity index (χ0v) is 28.6. The van der Waals surface area contributed by atoms with Gasteiger partial charge in [0.15, 0.2) is 0 Å². The van der Waals surface area contributed by atoms with Crippen molar-refractivity contribution in [3.63, 3.8) is 0 Å². The number of benzene rings is 4. The van der Waals surface area contributed by atoms with Gasteiger partial charge in [0.1, 0.15) is 0 Å². The van der Waals surface area contributed by atoms with Gasteiger partial charge < -0.3 is 0 Å². The van der Waals surface area contributed by atoms with Gasteiger partial charge in [0.2, 0.25) is 0 Å². The third-order valence-corrected chi connectivity index (χ3v) is 8.47. The monoisotopic (exact) mass is 626 g/mol. The van der Waals surface area contributed by atoms with E-state index >= 15 is 0 Å². The molecule has 0 nitrogen and oxygen atoms in total. The largest absolute Gasteiger partial charge is 0.214 e. The zero-order chi connectivity index (χ0) is 30.2. The molecule has 0 bridgehead atoms. The van der Waals surface area contributed by atoms with E-state index < -0.39 is 0 Å². The molecule has 1 heteroatoms. The van der Waals surface area contributed by atoms with Crippen LogP contribution >= 0.6 is 0 Å². The summed E-state index contributed by atoms with van der Waals surface area (Å²) in [5, 5.41) is 0. The first kappa shape index (κ1) is 31.9. The van der Waals surface area contributed by atoms with E-state index in [2.05, 4.69) is 139 Å². The molecule has 212 valence electrons. The molecular formula is C41H44Zr. The van der Waals surface area contributed by atoms with Gasteiger partial charge in [0, 0.05) is 0 Å². The molecule has 0 fully saturated rings. The topological polar surface area (TPSA) is 0 Å². The van der Waals surface area contributed by atoms with Crippen molar-refractivity contribution in [1.82, 2.24) is 0 Å². The molecule has 5 aromatic rings. The molecule has 0 heterocycles. The van der Waals surface area contributed by atoms with Crippen LogP contribution in [0, 0.1) is 6.07 Å². The first-order valence-corrected chi connectivity index (χ1v) is 16.2. The molecule has 1 aliphatic carbocycles. The number of fused-ring (bicyclic) bond motifs is 3. The molecular weight excluding hydrogens is 584 g/mol. The van der Waals surface area contributed by atoms with E-state index in [1.807, 2.05) is 30.3 Å². The van der Waals surface area contributed by atoms with Crippen molar-refractivity contribution in [1.29, 1.82) is 0 Å². The predicted octanol–water partition coefficient (Wildman–Crippen LogP) is 10.2. The van der Waals surface area contributed by atoms with Crippen LogP contribution in [0.1, 0.15) is 74.9 Å². The van der Waals surface area contributed by atoms with Crippen molar-refractivity contribution in [3.8, 4) is 11.1 Å². The summed E-state index contributed by atoms with van der Waals surface area (Å²) < 4.78 is 1.60. The summed E-state index contributed by atoms with van der Waals surface area (Å²) in [4.78, 5) is 0. The second kappa shape index (κ2) is 14.4. The van der Waals surface area contributed by atoms with E-state index in [0.717, 1.165) is 19.3 Å². The van der Waals surface area contributed by atoms with Gasteiger partial charge in [0.05, 0.1) is 0 Å². The van der Waals surface area contributed by atoms with Crippen molar-refractivity contribution in [2.75, 3.05) is 0 Å². The molecule has 0 saturated heterocycles. The van der Waals surface area contributed by atoms with Gasteiger partial charge in [-0.2, -0.15) is 47.5 Å². The fourth-order valence-corrected chi connectivity index (χ4v) is 6.06. The third kappa shape index (κ3) is 9.24. The maximum Gasteiger partial charge on any atom is -0.172 e. The van der Waals surface area contributed by atoms with Crippen molar-refractivity contribution in [2.45, 2.75) is 71.6 Å². The molecule has 0 aromatic heterocycles. The second-order valence-electron chi connectivity index (χ2n) is 13.2. The van der Waals surface area contributed by atoms with Crippen LogP contribution in [0.2, 0.25) is 0 Å². The van der Waals surface area contributed by atoms with Gasteiger partial charge in [-0.25, -0.2) is 12.1 Å². The number of hydrogen-bond donors (Lipinski definition) is 0. The van der Waals surface area contributed by atoms with Crippen molar-refractivity contribution >= 4 is 3.21 Å². The Balaban J connectivity index is 0.000000170. The van der Waals surface area contributed by atoms with E-state index in [1.54, 1.807) is 27.4 Å². The summed E-state index contributed by atoms with van der Waals surface area (Å²) in [5.74, 6) is 0. The molecule has 1 aliphatic rings. The van der Waals surface area contributed by atoms with Gasteiger partial charge in [-0.3, -0.25) is 0 Å². The summed E-state index contributed by atoms with van der Waals surface area (Å²) in [6.45, 7) is 13.6. The van der Waals surface area contributed by atoms with Crippen LogP contribution in [-0.4, -0.2) is 3.21 Å². The molecule has 5 aromatic carbocycles. The fraction of sp³-hybridized carbons (Fsp3) is 0.268. The van der Waals surface area contributed by atoms with E-state index in [9.17, 15) is 0 Å². The Bertz CT molecular complexity index is 1420. The molecule has 0 atom stereocenters. The summed E-state index contributed by atoms with van der Waals surface area (Å²) in [6.07, 6.45) is 3.27. The molecule has 0 unspecified atom stereocenters. The molecule has 0 radical (unpaired) electrons. The summed E-state index contributed by atoms with van der Waals surface area (Å²) in [6, 6.07) is 46.5. The Labute approximate surface area is 269 Å². The molecule has 0 amide bonds. The predicted molar refractivity (Wildman–Crippen MR) is 178 cm³/mol. The van der Waals surface area contributed by atoms with Gasteiger partial charge in [-0.05, 0) is 17.4 Å². The molecule has 0 spiro atoms. The number of hydrogen-bond acceptors (Lipinski definition) is 0. The van der Waals surface area contributed by atoms with Gasteiger partial charge in [0.25, 0.3) is 0 Å². The summed E-state index contributed by atoms with van der Waals surface area (Å²) in [5.41, 5.74) is 11.6. The van der Waals surface area contributed by atoms with Crippen LogP contribution in [-0.2, 0) is 54.3 Å². The fourth-order valence-electron chi connectivity index (χ4n) is 5.05. The number of rotatable bonds is 4. The van der Waals surface area contributed by atoms with Crippen LogP contribution in [0.4, 0.5) is 0 Å². The minimum atomic E-state index is 0.177. The van der Waals surface area contributed by atoms with Crippen LogP contribution in [0.15, 0.2) is 121 Å². The van der Waals surface area contributed by atoms with Crippen molar-refractivity contribution in [2.24, 2.45) is 0 Å². The van der Waals surface area contributed by atoms with Crippen LogP contribution in [0.3, 0.4) is 0 Å². The van der Waals surface area contributed by atoms with Crippen LogP contribution in [0.25, 0.3) is 11.1 Å². The Morgan fingerprint density at radius 3 is 1.67 bits per heavy atom. The van der Waals surface area contributed by atoms with E-state index in [0.29, 0.717) is 0 Å². The van der Waals surface area contributed by atoms with Crippen LogP contribution < -0.4 is 0 Å².